The molecule has 1 amide bonds. The van der Waals surface area contributed by atoms with E-state index in [1.165, 1.54) is 37.8 Å². The molecule has 1 N–H and O–H groups in total. The molecular weight excluding hydrogens is 281 g/mol. The van der Waals surface area contributed by atoms with Crippen molar-refractivity contribution in [1.29, 1.82) is 0 Å². The van der Waals surface area contributed by atoms with Gasteiger partial charge in [-0.15, -0.1) is 0 Å². The molecule has 1 heterocycles. The maximum absolute atomic E-state index is 13.1. The average molecular weight is 305 g/mol. The van der Waals surface area contributed by atoms with Gasteiger partial charge < -0.3 is 5.32 Å². The van der Waals surface area contributed by atoms with E-state index in [1.54, 1.807) is 12.1 Å². The highest BCUT2D eigenvalue weighted by atomic mass is 19.1. The third kappa shape index (κ3) is 4.05. The van der Waals surface area contributed by atoms with Gasteiger partial charge in [-0.1, -0.05) is 18.9 Å². The Bertz CT molecular complexity index is 508. The van der Waals surface area contributed by atoms with Crippen molar-refractivity contribution >= 4 is 11.6 Å². The lowest BCUT2D eigenvalue weighted by molar-refractivity contribution is -0.117. The van der Waals surface area contributed by atoms with Gasteiger partial charge in [-0.3, -0.25) is 14.6 Å². The smallest absolute Gasteiger partial charge is 0.238 e. The van der Waals surface area contributed by atoms with Crippen molar-refractivity contribution < 1.29 is 9.18 Å². The van der Waals surface area contributed by atoms with Crippen molar-refractivity contribution in [1.82, 2.24) is 9.80 Å². The average Bonchev–Trinajstić information content (AvgIpc) is 3.02. The summed E-state index contributed by atoms with van der Waals surface area (Å²) < 4.78 is 13.1. The zero-order valence-electron chi connectivity index (χ0n) is 12.9. The van der Waals surface area contributed by atoms with Crippen LogP contribution in [-0.4, -0.2) is 54.5 Å². The van der Waals surface area contributed by atoms with E-state index in [0.29, 0.717) is 12.2 Å². The van der Waals surface area contributed by atoms with Gasteiger partial charge in [-0.2, -0.15) is 0 Å². The van der Waals surface area contributed by atoms with Crippen molar-refractivity contribution in [2.24, 2.45) is 0 Å². The molecule has 120 valence electrons. The van der Waals surface area contributed by atoms with E-state index in [2.05, 4.69) is 15.1 Å². The van der Waals surface area contributed by atoms with Gasteiger partial charge in [0.25, 0.3) is 0 Å². The molecular formula is C17H24FN3O. The van der Waals surface area contributed by atoms with Crippen molar-refractivity contribution in [3.63, 3.8) is 0 Å². The SMILES string of the molecule is O=C(CN1CCN(C2CCCC2)CC1)Nc1cccc(F)c1. The van der Waals surface area contributed by atoms with Crippen molar-refractivity contribution in [2.75, 3.05) is 38.0 Å². The molecule has 1 aliphatic carbocycles. The molecule has 0 atom stereocenters. The van der Waals surface area contributed by atoms with Gasteiger partial charge in [0.15, 0.2) is 0 Å². The van der Waals surface area contributed by atoms with Crippen LogP contribution in [0.4, 0.5) is 10.1 Å². The first-order valence-corrected chi connectivity index (χ1v) is 8.22. The van der Waals surface area contributed by atoms with Crippen molar-refractivity contribution in [3.8, 4) is 0 Å². The van der Waals surface area contributed by atoms with E-state index in [0.717, 1.165) is 32.2 Å². The van der Waals surface area contributed by atoms with Gasteiger partial charge in [0.05, 0.1) is 6.54 Å². The van der Waals surface area contributed by atoms with Gasteiger partial charge in [-0.25, -0.2) is 4.39 Å². The lowest BCUT2D eigenvalue weighted by atomic mass is 10.2. The maximum atomic E-state index is 13.1. The van der Waals surface area contributed by atoms with Crippen molar-refractivity contribution in [2.45, 2.75) is 31.7 Å². The summed E-state index contributed by atoms with van der Waals surface area (Å²) >= 11 is 0. The summed E-state index contributed by atoms with van der Waals surface area (Å²) in [6.07, 6.45) is 5.39. The summed E-state index contributed by atoms with van der Waals surface area (Å²) in [6.45, 7) is 4.37. The predicted molar refractivity (Wildman–Crippen MR) is 85.3 cm³/mol. The number of piperazine rings is 1. The lowest BCUT2D eigenvalue weighted by Crippen LogP contribution is -2.51. The molecule has 0 aromatic heterocycles. The summed E-state index contributed by atoms with van der Waals surface area (Å²) in [5, 5.41) is 2.76. The second kappa shape index (κ2) is 7.20. The van der Waals surface area contributed by atoms with E-state index >= 15 is 0 Å². The van der Waals surface area contributed by atoms with Crippen LogP contribution in [-0.2, 0) is 4.79 Å². The number of hydrogen-bond acceptors (Lipinski definition) is 3. The molecule has 1 aromatic rings. The first-order valence-electron chi connectivity index (χ1n) is 8.22. The highest BCUT2D eigenvalue weighted by Crippen LogP contribution is 2.24. The van der Waals surface area contributed by atoms with E-state index in [1.807, 2.05) is 0 Å². The first-order chi connectivity index (χ1) is 10.7. The summed E-state index contributed by atoms with van der Waals surface area (Å²) in [5.74, 6) is -0.400. The Morgan fingerprint density at radius 1 is 1.18 bits per heavy atom. The molecule has 4 nitrogen and oxygen atoms in total. The summed E-state index contributed by atoms with van der Waals surface area (Å²) in [5.41, 5.74) is 0.523. The standard InChI is InChI=1S/C17H24FN3O/c18-14-4-3-5-15(12-14)19-17(22)13-20-8-10-21(11-9-20)16-6-1-2-7-16/h3-5,12,16H,1-2,6-11,13H2,(H,19,22). The highest BCUT2D eigenvalue weighted by molar-refractivity contribution is 5.92. The minimum absolute atomic E-state index is 0.0695. The third-order valence-corrected chi connectivity index (χ3v) is 4.72. The Hall–Kier alpha value is -1.46. The number of amides is 1. The van der Waals surface area contributed by atoms with Crippen LogP contribution >= 0.6 is 0 Å². The molecule has 1 aromatic carbocycles. The van der Waals surface area contributed by atoms with Gasteiger partial charge in [0.1, 0.15) is 5.82 Å². The third-order valence-electron chi connectivity index (χ3n) is 4.72. The van der Waals surface area contributed by atoms with E-state index in [4.69, 9.17) is 0 Å². The van der Waals surface area contributed by atoms with E-state index < -0.39 is 0 Å². The molecule has 5 heteroatoms. The Morgan fingerprint density at radius 2 is 1.91 bits per heavy atom. The molecule has 0 spiro atoms. The fourth-order valence-corrected chi connectivity index (χ4v) is 3.53. The Morgan fingerprint density at radius 3 is 2.59 bits per heavy atom. The number of benzene rings is 1. The molecule has 2 fully saturated rings. The second-order valence-corrected chi connectivity index (χ2v) is 6.31. The number of hydrogen-bond donors (Lipinski definition) is 1. The van der Waals surface area contributed by atoms with Crippen LogP contribution in [0, 0.1) is 5.82 Å². The Balaban J connectivity index is 1.43. The van der Waals surface area contributed by atoms with Gasteiger partial charge in [-0.05, 0) is 31.0 Å². The molecule has 0 bridgehead atoms. The predicted octanol–water partition coefficient (Wildman–Crippen LogP) is 2.32. The fraction of sp³-hybridized carbons (Fsp3) is 0.588. The number of rotatable bonds is 4. The molecule has 3 rings (SSSR count). The summed E-state index contributed by atoms with van der Waals surface area (Å²) in [4.78, 5) is 16.8. The normalized spacial score (nSPS) is 21.1. The molecule has 1 aliphatic heterocycles. The maximum Gasteiger partial charge on any atom is 0.238 e. The van der Waals surface area contributed by atoms with Crippen LogP contribution in [0.15, 0.2) is 24.3 Å². The topological polar surface area (TPSA) is 35.6 Å². The number of carbonyl (C=O) groups excluding carboxylic acids is 1. The number of nitrogens with zero attached hydrogens (tertiary/aromatic N) is 2. The van der Waals surface area contributed by atoms with Crippen LogP contribution < -0.4 is 5.32 Å². The van der Waals surface area contributed by atoms with Crippen LogP contribution in [0.2, 0.25) is 0 Å². The van der Waals surface area contributed by atoms with Crippen molar-refractivity contribution in [3.05, 3.63) is 30.1 Å². The molecule has 0 unspecified atom stereocenters. The summed E-state index contributed by atoms with van der Waals surface area (Å²) in [6, 6.07) is 6.79. The van der Waals surface area contributed by atoms with E-state index in [9.17, 15) is 9.18 Å². The van der Waals surface area contributed by atoms with Gasteiger partial charge >= 0.3 is 0 Å². The monoisotopic (exact) mass is 305 g/mol. The quantitative estimate of drug-likeness (QED) is 0.927. The molecule has 1 saturated heterocycles. The van der Waals surface area contributed by atoms with Gasteiger partial charge in [0, 0.05) is 37.9 Å². The van der Waals surface area contributed by atoms with Crippen LogP contribution in [0.1, 0.15) is 25.7 Å². The number of nitrogens with one attached hydrogen (secondary N) is 1. The highest BCUT2D eigenvalue weighted by Gasteiger charge is 2.26. The molecule has 0 radical (unpaired) electrons. The largest absolute Gasteiger partial charge is 0.325 e. The number of anilines is 1. The minimum Gasteiger partial charge on any atom is -0.325 e. The van der Waals surface area contributed by atoms with E-state index in [-0.39, 0.29) is 11.7 Å². The second-order valence-electron chi connectivity index (χ2n) is 6.31. The van der Waals surface area contributed by atoms with Crippen LogP contribution in [0.25, 0.3) is 0 Å². The fourth-order valence-electron chi connectivity index (χ4n) is 3.53. The van der Waals surface area contributed by atoms with Crippen LogP contribution in [0.5, 0.6) is 0 Å². The zero-order valence-corrected chi connectivity index (χ0v) is 12.9. The number of halogens is 1. The number of carbonyl (C=O) groups is 1. The molecule has 22 heavy (non-hydrogen) atoms. The minimum atomic E-state index is -0.331. The Labute approximate surface area is 131 Å². The lowest BCUT2D eigenvalue weighted by Gasteiger charge is -2.37. The molecule has 1 saturated carbocycles. The molecule has 2 aliphatic rings. The zero-order chi connectivity index (χ0) is 15.4. The van der Waals surface area contributed by atoms with Crippen LogP contribution in [0.3, 0.4) is 0 Å². The van der Waals surface area contributed by atoms with Gasteiger partial charge in [0.2, 0.25) is 5.91 Å². The first kappa shape index (κ1) is 15.4. The Kier molecular flexibility index (Phi) is 5.05. The summed E-state index contributed by atoms with van der Waals surface area (Å²) in [7, 11) is 0.